The Morgan fingerprint density at radius 3 is 2.09 bits per heavy atom. The fourth-order valence-corrected chi connectivity index (χ4v) is 8.31. The summed E-state index contributed by atoms with van der Waals surface area (Å²) in [7, 11) is 1.14. The Bertz CT molecular complexity index is 1300. The molecule has 0 radical (unpaired) electrons. The van der Waals surface area contributed by atoms with Gasteiger partial charge in [0.15, 0.2) is 4.33 Å². The van der Waals surface area contributed by atoms with E-state index >= 15 is 0 Å². The van der Waals surface area contributed by atoms with Gasteiger partial charge in [-0.3, -0.25) is 9.59 Å². The van der Waals surface area contributed by atoms with E-state index in [4.69, 9.17) is 74.3 Å². The summed E-state index contributed by atoms with van der Waals surface area (Å²) in [5.41, 5.74) is 0.775. The number of carbonyl (C=O) groups is 3. The van der Waals surface area contributed by atoms with Crippen LogP contribution in [0.2, 0.25) is 0 Å². The molecule has 35 heavy (non-hydrogen) atoms. The molecule has 1 saturated carbocycles. The molecule has 0 unspecified atom stereocenters. The molecule has 186 valence electrons. The van der Waals surface area contributed by atoms with Crippen molar-refractivity contribution in [1.82, 2.24) is 0 Å². The van der Waals surface area contributed by atoms with Crippen molar-refractivity contribution in [2.75, 3.05) is 12.4 Å². The minimum atomic E-state index is -2.28. The number of benzene rings is 1. The van der Waals surface area contributed by atoms with Crippen LogP contribution in [0.5, 0.6) is 0 Å². The Kier molecular flexibility index (Phi) is 6.84. The number of thiophene rings is 1. The van der Waals surface area contributed by atoms with Crippen LogP contribution in [0.1, 0.15) is 10.4 Å². The number of halogens is 7. The molecule has 0 saturated heterocycles. The maximum atomic E-state index is 13.5. The first kappa shape index (κ1) is 26.8. The number of carbonyl (C=O) groups excluding carboxylic acids is 2. The maximum absolute atomic E-state index is 13.5. The van der Waals surface area contributed by atoms with E-state index in [0.29, 0.717) is 11.1 Å². The number of allylic oxidation sites excluding steroid dienone is 2. The van der Waals surface area contributed by atoms with Gasteiger partial charge < -0.3 is 15.2 Å². The molecule has 2 aliphatic rings. The first-order chi connectivity index (χ1) is 16.2. The number of anilines is 1. The lowest BCUT2D eigenvalue weighted by Crippen LogP contribution is -2.47. The summed E-state index contributed by atoms with van der Waals surface area (Å²) >= 11 is 39.5. The van der Waals surface area contributed by atoms with Gasteiger partial charge in [-0.1, -0.05) is 58.5 Å². The summed E-state index contributed by atoms with van der Waals surface area (Å²) in [6.07, 6.45) is 0. The Morgan fingerprint density at radius 2 is 1.57 bits per heavy atom. The lowest BCUT2D eigenvalue weighted by Gasteiger charge is -2.33. The summed E-state index contributed by atoms with van der Waals surface area (Å²) in [6, 6.07) is 5.29. The molecule has 1 amide bonds. The van der Waals surface area contributed by atoms with E-state index in [2.05, 4.69) is 5.32 Å². The highest BCUT2D eigenvalue weighted by atomic mass is 35.5. The molecule has 1 aromatic heterocycles. The van der Waals surface area contributed by atoms with Crippen LogP contribution in [0.15, 0.2) is 39.7 Å². The molecule has 0 spiro atoms. The van der Waals surface area contributed by atoms with Gasteiger partial charge in [-0.15, -0.1) is 34.5 Å². The monoisotopic (exact) mass is 619 g/mol. The van der Waals surface area contributed by atoms with Crippen LogP contribution in [0.25, 0.3) is 11.1 Å². The minimum absolute atomic E-state index is 0.0120. The molecule has 14 heteroatoms. The molecule has 2 bridgehead atoms. The van der Waals surface area contributed by atoms with E-state index in [1.54, 1.807) is 5.38 Å². The molecular formula is C21H12Cl6FNO5S. The maximum Gasteiger partial charge on any atom is 0.341 e. The smallest absolute Gasteiger partial charge is 0.341 e. The average Bonchev–Trinajstić information content (AvgIpc) is 3.30. The largest absolute Gasteiger partial charge is 0.481 e. The second-order valence-corrected chi connectivity index (χ2v) is 11.9. The van der Waals surface area contributed by atoms with Crippen LogP contribution in [0.3, 0.4) is 0 Å². The number of fused-ring (bicyclic) bond motifs is 2. The summed E-state index contributed by atoms with van der Waals surface area (Å²) in [4.78, 5) is 33.9. The van der Waals surface area contributed by atoms with E-state index in [9.17, 15) is 23.9 Å². The molecule has 4 rings (SSSR count). The number of ether oxygens (including phenoxy) is 1. The predicted molar refractivity (Wildman–Crippen MR) is 135 cm³/mol. The SMILES string of the molecule is COC(=O)c1c(-c2ccc(F)cc2)csc1NC(=O)[C@H]1[C@H](C(=O)O)[C@@]2(Cl)C(Cl)=C(Cl)[C@@]1(Cl)C2(Cl)Cl. The van der Waals surface area contributed by atoms with Crippen LogP contribution in [-0.2, 0) is 14.3 Å². The zero-order chi connectivity index (χ0) is 26.1. The van der Waals surface area contributed by atoms with E-state index in [-0.39, 0.29) is 20.6 Å². The number of rotatable bonds is 5. The number of amides is 1. The zero-order valence-electron chi connectivity index (χ0n) is 17.2. The third kappa shape index (κ3) is 3.52. The van der Waals surface area contributed by atoms with Crippen LogP contribution in [-0.4, -0.2) is 44.1 Å². The second-order valence-electron chi connectivity index (χ2n) is 7.76. The predicted octanol–water partition coefficient (Wildman–Crippen LogP) is 6.44. The van der Waals surface area contributed by atoms with Gasteiger partial charge in [0.25, 0.3) is 0 Å². The average molecular weight is 622 g/mol. The summed E-state index contributed by atoms with van der Waals surface area (Å²) in [5, 5.41) is 13.3. The van der Waals surface area contributed by atoms with Crippen LogP contribution < -0.4 is 5.32 Å². The summed E-state index contributed by atoms with van der Waals surface area (Å²) < 4.78 is 16.0. The number of hydrogen-bond donors (Lipinski definition) is 2. The topological polar surface area (TPSA) is 92.7 Å². The highest BCUT2D eigenvalue weighted by Crippen LogP contribution is 2.76. The second kappa shape index (κ2) is 8.94. The van der Waals surface area contributed by atoms with E-state index < -0.39 is 49.6 Å². The fraction of sp³-hybridized carbons (Fsp3) is 0.286. The van der Waals surface area contributed by atoms with Crippen LogP contribution in [0.4, 0.5) is 9.39 Å². The van der Waals surface area contributed by atoms with Crippen molar-refractivity contribution in [1.29, 1.82) is 0 Å². The molecule has 2 aliphatic carbocycles. The molecule has 6 nitrogen and oxygen atoms in total. The van der Waals surface area contributed by atoms with Crippen molar-refractivity contribution in [3.63, 3.8) is 0 Å². The third-order valence-corrected chi connectivity index (χ3v) is 11.2. The van der Waals surface area contributed by atoms with E-state index in [0.717, 1.165) is 18.4 Å². The number of aliphatic carboxylic acids is 1. The van der Waals surface area contributed by atoms with Gasteiger partial charge in [0.2, 0.25) is 5.91 Å². The molecule has 1 aromatic carbocycles. The number of hydrogen-bond acceptors (Lipinski definition) is 5. The van der Waals surface area contributed by atoms with Gasteiger partial charge in [-0.25, -0.2) is 9.18 Å². The highest BCUT2D eigenvalue weighted by Gasteiger charge is 2.85. The normalized spacial score (nSPS) is 28.8. The Labute approximate surface area is 231 Å². The summed E-state index contributed by atoms with van der Waals surface area (Å²) in [6.45, 7) is 0. The first-order valence-electron chi connectivity index (χ1n) is 9.56. The number of methoxy groups -OCH3 is 1. The van der Waals surface area contributed by atoms with Crippen molar-refractivity contribution >= 4 is 104 Å². The van der Waals surface area contributed by atoms with Crippen molar-refractivity contribution in [3.05, 3.63) is 51.1 Å². The van der Waals surface area contributed by atoms with Gasteiger partial charge in [0, 0.05) is 10.9 Å². The number of carboxylic acid groups (broad SMARTS) is 1. The third-order valence-electron chi connectivity index (χ3n) is 6.06. The lowest BCUT2D eigenvalue weighted by molar-refractivity contribution is -0.146. The molecule has 0 aliphatic heterocycles. The van der Waals surface area contributed by atoms with Crippen LogP contribution in [0, 0.1) is 17.7 Å². The fourth-order valence-electron chi connectivity index (χ4n) is 4.41. The van der Waals surface area contributed by atoms with Gasteiger partial charge >= 0.3 is 11.9 Å². The minimum Gasteiger partial charge on any atom is -0.481 e. The lowest BCUT2D eigenvalue weighted by atomic mass is 9.81. The van der Waals surface area contributed by atoms with Gasteiger partial charge in [-0.2, -0.15) is 0 Å². The van der Waals surface area contributed by atoms with Crippen LogP contribution >= 0.6 is 80.9 Å². The number of alkyl halides is 4. The van der Waals surface area contributed by atoms with Crippen molar-refractivity contribution < 1.29 is 28.6 Å². The number of nitrogens with one attached hydrogen (secondary N) is 1. The zero-order valence-corrected chi connectivity index (χ0v) is 22.5. The molecule has 1 fully saturated rings. The highest BCUT2D eigenvalue weighted by molar-refractivity contribution is 7.15. The Morgan fingerprint density at radius 1 is 1.03 bits per heavy atom. The molecule has 2 N–H and O–H groups in total. The van der Waals surface area contributed by atoms with Gasteiger partial charge in [0.1, 0.15) is 26.1 Å². The summed E-state index contributed by atoms with van der Waals surface area (Å²) in [5.74, 6) is -7.26. The van der Waals surface area contributed by atoms with E-state index in [1.807, 2.05) is 0 Å². The van der Waals surface area contributed by atoms with Crippen molar-refractivity contribution in [2.24, 2.45) is 11.8 Å². The Balaban J connectivity index is 1.80. The standard InChI is InChI=1S/C21H12Cl6FNO5S/c1-34-18(33)10-9(7-2-4-8(28)5-3-7)6-35-16(10)29-15(30)11-12(17(31)32)20(25)14(23)13(22)19(11,24)21(20,26)27/h2-6,11-12H,1H3,(H,29,30)(H,31,32)/t11-,12-,19-,20-/m1/s1. The Hall–Kier alpha value is -1.26. The number of esters is 1. The van der Waals surface area contributed by atoms with Gasteiger partial charge in [0.05, 0.1) is 29.0 Å². The molecule has 1 heterocycles. The first-order valence-corrected chi connectivity index (χ1v) is 12.7. The van der Waals surface area contributed by atoms with Crippen molar-refractivity contribution in [3.8, 4) is 11.1 Å². The molecular weight excluding hydrogens is 610 g/mol. The van der Waals surface area contributed by atoms with Crippen molar-refractivity contribution in [2.45, 2.75) is 14.1 Å². The molecule has 4 atom stereocenters. The van der Waals surface area contributed by atoms with E-state index in [1.165, 1.54) is 24.3 Å². The molecule has 2 aromatic rings. The van der Waals surface area contributed by atoms with Gasteiger partial charge in [-0.05, 0) is 17.7 Å². The quantitative estimate of drug-likeness (QED) is 0.296. The number of carboxylic acids is 1.